The molecule has 2 aromatic rings. The number of hydrogen-bond acceptors (Lipinski definition) is 3. The van der Waals surface area contributed by atoms with Crippen molar-refractivity contribution < 1.29 is 4.79 Å². The highest BCUT2D eigenvalue weighted by atomic mass is 35.5. The van der Waals surface area contributed by atoms with Crippen molar-refractivity contribution in [3.8, 4) is 0 Å². The maximum absolute atomic E-state index is 12.5. The van der Waals surface area contributed by atoms with E-state index in [2.05, 4.69) is 4.98 Å². The lowest BCUT2D eigenvalue weighted by Gasteiger charge is -2.21. The Labute approximate surface area is 123 Å². The molecule has 0 aliphatic heterocycles. The fourth-order valence-electron chi connectivity index (χ4n) is 1.91. The van der Waals surface area contributed by atoms with Crippen LogP contribution in [0, 0.1) is 0 Å². The third-order valence-electron chi connectivity index (χ3n) is 2.99. The summed E-state index contributed by atoms with van der Waals surface area (Å²) in [6.07, 6.45) is 1.71. The summed E-state index contributed by atoms with van der Waals surface area (Å²) in [6, 6.07) is 10.5. The third-order valence-corrected chi connectivity index (χ3v) is 3.23. The Morgan fingerprint density at radius 1 is 1.35 bits per heavy atom. The van der Waals surface area contributed by atoms with Gasteiger partial charge in [-0.1, -0.05) is 17.7 Å². The molecule has 104 valence electrons. The molecule has 0 unspecified atom stereocenters. The number of carbonyl (C=O) groups is 1. The monoisotopic (exact) mass is 289 g/mol. The minimum atomic E-state index is -0.118. The van der Waals surface area contributed by atoms with E-state index in [9.17, 15) is 4.79 Å². The van der Waals surface area contributed by atoms with Gasteiger partial charge < -0.3 is 10.6 Å². The summed E-state index contributed by atoms with van der Waals surface area (Å²) < 4.78 is 0. The van der Waals surface area contributed by atoms with Gasteiger partial charge >= 0.3 is 0 Å². The van der Waals surface area contributed by atoms with Crippen LogP contribution < -0.4 is 5.73 Å². The molecule has 2 N–H and O–H groups in total. The van der Waals surface area contributed by atoms with E-state index in [0.29, 0.717) is 29.4 Å². The first-order chi connectivity index (χ1) is 9.61. The first-order valence-corrected chi connectivity index (χ1v) is 6.73. The lowest BCUT2D eigenvalue weighted by Crippen LogP contribution is -2.31. The summed E-state index contributed by atoms with van der Waals surface area (Å²) in [4.78, 5) is 18.4. The Morgan fingerprint density at radius 3 is 2.75 bits per heavy atom. The zero-order valence-corrected chi connectivity index (χ0v) is 12.0. The van der Waals surface area contributed by atoms with E-state index < -0.39 is 0 Å². The fourth-order valence-corrected chi connectivity index (χ4v) is 2.09. The molecule has 1 heterocycles. The van der Waals surface area contributed by atoms with Crippen molar-refractivity contribution in [2.24, 2.45) is 0 Å². The van der Waals surface area contributed by atoms with Gasteiger partial charge in [0.05, 0.1) is 17.8 Å². The lowest BCUT2D eigenvalue weighted by molar-refractivity contribution is 0.0751. The smallest absolute Gasteiger partial charge is 0.256 e. The molecule has 1 amide bonds. The molecule has 1 aromatic carbocycles. The van der Waals surface area contributed by atoms with Crippen LogP contribution in [-0.2, 0) is 6.54 Å². The zero-order chi connectivity index (χ0) is 14.5. The highest BCUT2D eigenvalue weighted by Crippen LogP contribution is 2.20. The van der Waals surface area contributed by atoms with E-state index >= 15 is 0 Å². The van der Waals surface area contributed by atoms with Crippen LogP contribution in [0.25, 0.3) is 0 Å². The number of amides is 1. The molecule has 0 atom stereocenters. The molecule has 0 bridgehead atoms. The number of pyridine rings is 1. The van der Waals surface area contributed by atoms with Crippen LogP contribution >= 0.6 is 11.6 Å². The molecule has 0 saturated heterocycles. The summed E-state index contributed by atoms with van der Waals surface area (Å²) in [5.74, 6) is -0.118. The molecule has 20 heavy (non-hydrogen) atoms. The first-order valence-electron chi connectivity index (χ1n) is 6.36. The minimum Gasteiger partial charge on any atom is -0.398 e. The molecule has 0 saturated carbocycles. The summed E-state index contributed by atoms with van der Waals surface area (Å²) in [7, 11) is 0. The largest absolute Gasteiger partial charge is 0.398 e. The van der Waals surface area contributed by atoms with Gasteiger partial charge in [0.15, 0.2) is 0 Å². The maximum atomic E-state index is 12.5. The fraction of sp³-hybridized carbons (Fsp3) is 0.200. The second-order valence-electron chi connectivity index (χ2n) is 4.37. The number of aromatic nitrogens is 1. The first kappa shape index (κ1) is 14.3. The van der Waals surface area contributed by atoms with Gasteiger partial charge in [-0.25, -0.2) is 0 Å². The highest BCUT2D eigenvalue weighted by Gasteiger charge is 2.17. The number of nitrogens with two attached hydrogens (primary N) is 1. The van der Waals surface area contributed by atoms with Gasteiger partial charge in [0, 0.05) is 23.5 Å². The van der Waals surface area contributed by atoms with E-state index in [1.165, 1.54) is 0 Å². The Balaban J connectivity index is 2.21. The molecular weight excluding hydrogens is 274 g/mol. The Bertz CT molecular complexity index is 601. The Morgan fingerprint density at radius 2 is 2.15 bits per heavy atom. The van der Waals surface area contributed by atoms with Crippen molar-refractivity contribution in [1.82, 2.24) is 9.88 Å². The van der Waals surface area contributed by atoms with Gasteiger partial charge in [-0.15, -0.1) is 0 Å². The second kappa shape index (κ2) is 6.39. The van der Waals surface area contributed by atoms with Crippen LogP contribution in [0.15, 0.2) is 42.6 Å². The van der Waals surface area contributed by atoms with Crippen LogP contribution in [0.5, 0.6) is 0 Å². The number of hydrogen-bond donors (Lipinski definition) is 1. The van der Waals surface area contributed by atoms with Crippen molar-refractivity contribution in [2.45, 2.75) is 13.5 Å². The number of benzene rings is 1. The van der Waals surface area contributed by atoms with Crippen LogP contribution in [0.3, 0.4) is 0 Å². The predicted molar refractivity (Wildman–Crippen MR) is 80.5 cm³/mol. The maximum Gasteiger partial charge on any atom is 0.256 e. The molecule has 0 aliphatic carbocycles. The van der Waals surface area contributed by atoms with Crippen LogP contribution in [0.2, 0.25) is 5.02 Å². The lowest BCUT2D eigenvalue weighted by atomic mass is 10.1. The summed E-state index contributed by atoms with van der Waals surface area (Å²) >= 11 is 5.85. The Kier molecular flexibility index (Phi) is 4.58. The second-order valence-corrected chi connectivity index (χ2v) is 4.81. The molecule has 5 heteroatoms. The number of halogens is 1. The molecule has 0 spiro atoms. The van der Waals surface area contributed by atoms with E-state index in [-0.39, 0.29) is 5.91 Å². The Hall–Kier alpha value is -2.07. The number of carbonyl (C=O) groups excluding carboxylic acids is 1. The van der Waals surface area contributed by atoms with E-state index in [4.69, 9.17) is 17.3 Å². The minimum absolute atomic E-state index is 0.118. The third kappa shape index (κ3) is 3.27. The van der Waals surface area contributed by atoms with Gasteiger partial charge in [0.2, 0.25) is 0 Å². The van der Waals surface area contributed by atoms with Crippen molar-refractivity contribution >= 4 is 23.2 Å². The molecule has 0 radical (unpaired) electrons. The number of nitrogens with zero attached hydrogens (tertiary/aromatic N) is 2. The summed E-state index contributed by atoms with van der Waals surface area (Å²) in [6.45, 7) is 2.96. The molecule has 2 rings (SSSR count). The average Bonchev–Trinajstić information content (AvgIpc) is 2.45. The van der Waals surface area contributed by atoms with Crippen molar-refractivity contribution in [3.05, 3.63) is 58.9 Å². The van der Waals surface area contributed by atoms with E-state index in [1.54, 1.807) is 29.3 Å². The number of anilines is 1. The van der Waals surface area contributed by atoms with Crippen molar-refractivity contribution in [2.75, 3.05) is 12.3 Å². The van der Waals surface area contributed by atoms with Crippen LogP contribution in [0.1, 0.15) is 23.0 Å². The summed E-state index contributed by atoms with van der Waals surface area (Å²) in [5.41, 5.74) is 7.56. The van der Waals surface area contributed by atoms with Gasteiger partial charge in [-0.2, -0.15) is 0 Å². The topological polar surface area (TPSA) is 59.2 Å². The van der Waals surface area contributed by atoms with Gasteiger partial charge in [-0.3, -0.25) is 9.78 Å². The standard InChI is InChI=1S/C15H16ClN3O/c1-2-19(10-12-5-3-4-8-18-12)15(20)13-7-6-11(16)9-14(13)17/h3-9H,2,10,17H2,1H3. The molecule has 4 nitrogen and oxygen atoms in total. The quantitative estimate of drug-likeness (QED) is 0.880. The molecule has 1 aromatic heterocycles. The predicted octanol–water partition coefficient (Wildman–Crippen LogP) is 2.98. The van der Waals surface area contributed by atoms with Crippen molar-refractivity contribution in [3.63, 3.8) is 0 Å². The van der Waals surface area contributed by atoms with Crippen LogP contribution in [-0.4, -0.2) is 22.3 Å². The average molecular weight is 290 g/mol. The van der Waals surface area contributed by atoms with Gasteiger partial charge in [-0.05, 0) is 37.3 Å². The normalized spacial score (nSPS) is 10.3. The van der Waals surface area contributed by atoms with Crippen molar-refractivity contribution in [1.29, 1.82) is 0 Å². The van der Waals surface area contributed by atoms with E-state index in [1.807, 2.05) is 25.1 Å². The SMILES string of the molecule is CCN(Cc1ccccn1)C(=O)c1ccc(Cl)cc1N. The van der Waals surface area contributed by atoms with E-state index in [0.717, 1.165) is 5.69 Å². The number of nitrogen functional groups attached to an aromatic ring is 1. The van der Waals surface area contributed by atoms with Crippen LogP contribution in [0.4, 0.5) is 5.69 Å². The molecule has 0 fully saturated rings. The zero-order valence-electron chi connectivity index (χ0n) is 11.2. The van der Waals surface area contributed by atoms with Gasteiger partial charge in [0.25, 0.3) is 5.91 Å². The van der Waals surface area contributed by atoms with Gasteiger partial charge in [0.1, 0.15) is 0 Å². The highest BCUT2D eigenvalue weighted by molar-refractivity contribution is 6.31. The number of rotatable bonds is 4. The molecular formula is C15H16ClN3O. The molecule has 0 aliphatic rings. The summed E-state index contributed by atoms with van der Waals surface area (Å²) in [5, 5.41) is 0.520.